The van der Waals surface area contributed by atoms with Crippen molar-refractivity contribution in [2.45, 2.75) is 32.2 Å². The molecule has 66 heavy (non-hydrogen) atoms. The van der Waals surface area contributed by atoms with Crippen LogP contribution in [0.25, 0.3) is 5.69 Å². The number of aliphatic imine (C=N–C) groups is 1. The summed E-state index contributed by atoms with van der Waals surface area (Å²) >= 11 is 6.21. The molecule has 1 aromatic heterocycles. The number of amides is 2. The van der Waals surface area contributed by atoms with E-state index in [2.05, 4.69) is 27.3 Å². The van der Waals surface area contributed by atoms with Gasteiger partial charge in [-0.15, -0.1) is 10.2 Å². The molecule has 1 atom stereocenters. The lowest BCUT2D eigenvalue weighted by atomic mass is 10.00. The molecule has 0 saturated carbocycles. The number of nitrogens with zero attached hydrogens (tertiary/aromatic N) is 4. The molecule has 0 fully saturated rings. The summed E-state index contributed by atoms with van der Waals surface area (Å²) in [5, 5.41) is 15.1. The molecule has 2 heterocycles. The van der Waals surface area contributed by atoms with Crippen molar-refractivity contribution in [3.05, 3.63) is 130 Å². The van der Waals surface area contributed by atoms with Crippen molar-refractivity contribution in [1.29, 1.82) is 0 Å². The first-order chi connectivity index (χ1) is 32.3. The monoisotopic (exact) mass is 925 g/mol. The molecule has 2 amide bonds. The van der Waals surface area contributed by atoms with E-state index in [1.165, 1.54) is 0 Å². The smallest absolute Gasteiger partial charge is 0.258 e. The Balaban J connectivity index is 0.773. The average molecular weight is 926 g/mol. The Kier molecular flexibility index (Phi) is 19.6. The fourth-order valence-corrected chi connectivity index (χ4v) is 7.21. The Morgan fingerprint density at radius 3 is 2.08 bits per heavy atom. The van der Waals surface area contributed by atoms with Gasteiger partial charge >= 0.3 is 0 Å². The zero-order valence-corrected chi connectivity index (χ0v) is 38.6. The molecule has 6 rings (SSSR count). The summed E-state index contributed by atoms with van der Waals surface area (Å²) in [7, 11) is 4.87. The fraction of sp³-hybridized carbons (Fsp3) is 0.388. The van der Waals surface area contributed by atoms with Crippen LogP contribution in [0.2, 0.25) is 5.02 Å². The quantitative estimate of drug-likeness (QED) is 0.0553. The van der Waals surface area contributed by atoms with Crippen LogP contribution in [0.3, 0.4) is 0 Å². The van der Waals surface area contributed by atoms with E-state index in [0.29, 0.717) is 111 Å². The first-order valence-corrected chi connectivity index (χ1v) is 22.2. The molecule has 1 radical (unpaired) electrons. The van der Waals surface area contributed by atoms with Gasteiger partial charge in [0.1, 0.15) is 23.4 Å². The number of carbonyl (C=O) groups is 2. The highest BCUT2D eigenvalue weighted by Gasteiger charge is 2.30. The number of aromatic nitrogens is 3. The molecule has 0 spiro atoms. The number of halogens is 1. The van der Waals surface area contributed by atoms with E-state index in [1.807, 2.05) is 96.4 Å². The Labute approximate surface area is 390 Å². The number of aryl methyl sites for hydroxylation is 2. The van der Waals surface area contributed by atoms with Gasteiger partial charge < -0.3 is 48.5 Å². The Morgan fingerprint density at radius 2 is 1.39 bits per heavy atom. The summed E-state index contributed by atoms with van der Waals surface area (Å²) in [5.74, 6) is 3.53. The Morgan fingerprint density at radius 1 is 0.712 bits per heavy atom. The van der Waals surface area contributed by atoms with Crippen molar-refractivity contribution in [3.8, 4) is 28.7 Å². The summed E-state index contributed by atoms with van der Waals surface area (Å²) in [5.41, 5.74) is 5.37. The SMILES string of the molecule is COc1ccc2c(c1)C(c1ccc(Cl)cc1)=N[C@@H](CC(=O)NCCOCCOCCOCCOCCNC(=O)COc1cccc([CH]CCc3ccc(OC)c(OC)c3)c1)c1nnc(C)n1-2. The van der Waals surface area contributed by atoms with Gasteiger partial charge in [0.25, 0.3) is 5.91 Å². The van der Waals surface area contributed by atoms with Crippen molar-refractivity contribution in [1.82, 2.24) is 25.4 Å². The standard InChI is InChI=1S/C49H58ClN6O10/c1-34-54-55-49-42(53-48(37-12-14-38(50)15-13-37)41-31-39(59-2)16-17-43(41)56(34)49)32-46(57)51-19-21-62-23-25-64-27-28-65-26-24-63-22-20-52-47(58)33-66-40-10-6-9-35(29-40)7-5-8-36-11-18-44(60-3)45(30-36)61-4/h6-7,9-18,29-31,42H,5,8,19-28,32-33H2,1-4H3,(H,51,57)(H,52,58)/t42-/m0/s1. The first kappa shape index (κ1) is 49.4. The summed E-state index contributed by atoms with van der Waals surface area (Å²) in [6, 6.07) is 26.2. The molecule has 0 unspecified atom stereocenters. The van der Waals surface area contributed by atoms with Gasteiger partial charge in [-0.05, 0) is 91.9 Å². The number of methoxy groups -OCH3 is 3. The number of ether oxygens (including phenoxy) is 8. The van der Waals surface area contributed by atoms with Crippen LogP contribution in [-0.2, 0) is 35.0 Å². The van der Waals surface area contributed by atoms with E-state index in [9.17, 15) is 9.59 Å². The topological polar surface area (TPSA) is 175 Å². The molecule has 17 heteroatoms. The summed E-state index contributed by atoms with van der Waals surface area (Å²) in [4.78, 5) is 30.6. The maximum absolute atomic E-state index is 13.2. The molecule has 0 aliphatic carbocycles. The molecule has 1 aliphatic heterocycles. The largest absolute Gasteiger partial charge is 0.497 e. The van der Waals surface area contributed by atoms with Gasteiger partial charge in [0.05, 0.1) is 92.0 Å². The minimum absolute atomic E-state index is 0.0576. The third kappa shape index (κ3) is 14.7. The van der Waals surface area contributed by atoms with Gasteiger partial charge in [-0.1, -0.05) is 41.9 Å². The van der Waals surface area contributed by atoms with Crippen LogP contribution in [0.1, 0.15) is 52.8 Å². The van der Waals surface area contributed by atoms with Crippen molar-refractivity contribution in [3.63, 3.8) is 0 Å². The minimum atomic E-state index is -0.605. The molecule has 2 N–H and O–H groups in total. The van der Waals surface area contributed by atoms with Gasteiger partial charge in [-0.25, -0.2) is 0 Å². The predicted octanol–water partition coefficient (Wildman–Crippen LogP) is 6.10. The van der Waals surface area contributed by atoms with Crippen LogP contribution in [0.4, 0.5) is 0 Å². The van der Waals surface area contributed by atoms with Crippen LogP contribution >= 0.6 is 11.6 Å². The molecular formula is C49H58ClN6O10. The molecule has 0 saturated heterocycles. The van der Waals surface area contributed by atoms with Crippen LogP contribution < -0.4 is 29.6 Å². The molecule has 1 aliphatic rings. The molecular weight excluding hydrogens is 868 g/mol. The van der Waals surface area contributed by atoms with Gasteiger partial charge in [-0.3, -0.25) is 19.1 Å². The normalized spacial score (nSPS) is 12.9. The average Bonchev–Trinajstić information content (AvgIpc) is 3.66. The van der Waals surface area contributed by atoms with Crippen molar-refractivity contribution in [2.24, 2.45) is 4.99 Å². The van der Waals surface area contributed by atoms with Crippen LogP contribution in [0, 0.1) is 13.3 Å². The number of nitrogens with one attached hydrogen (secondary N) is 2. The van der Waals surface area contributed by atoms with Crippen LogP contribution in [0.5, 0.6) is 23.0 Å². The van der Waals surface area contributed by atoms with E-state index >= 15 is 0 Å². The molecule has 4 aromatic carbocycles. The number of benzene rings is 4. The first-order valence-electron chi connectivity index (χ1n) is 21.8. The molecule has 16 nitrogen and oxygen atoms in total. The Hall–Kier alpha value is -6.04. The number of rotatable bonds is 28. The summed E-state index contributed by atoms with van der Waals surface area (Å²) < 4.78 is 46.3. The van der Waals surface area contributed by atoms with Gasteiger partial charge in [0, 0.05) is 29.2 Å². The van der Waals surface area contributed by atoms with Crippen molar-refractivity contribution >= 4 is 29.1 Å². The van der Waals surface area contributed by atoms with E-state index in [0.717, 1.165) is 40.8 Å². The Bertz CT molecular complexity index is 2360. The molecule has 0 bridgehead atoms. The summed E-state index contributed by atoms with van der Waals surface area (Å²) in [6.07, 6.45) is 3.86. The maximum Gasteiger partial charge on any atom is 0.258 e. The van der Waals surface area contributed by atoms with E-state index in [-0.39, 0.29) is 24.8 Å². The zero-order valence-electron chi connectivity index (χ0n) is 37.9. The third-order valence-corrected chi connectivity index (χ3v) is 10.6. The van der Waals surface area contributed by atoms with E-state index < -0.39 is 6.04 Å². The molecule has 351 valence electrons. The van der Waals surface area contributed by atoms with E-state index in [4.69, 9.17) is 54.5 Å². The van der Waals surface area contributed by atoms with Gasteiger partial charge in [-0.2, -0.15) is 0 Å². The highest BCUT2D eigenvalue weighted by molar-refractivity contribution is 6.30. The number of carbonyl (C=O) groups excluding carboxylic acids is 2. The fourth-order valence-electron chi connectivity index (χ4n) is 7.08. The maximum atomic E-state index is 13.2. The van der Waals surface area contributed by atoms with E-state index in [1.54, 1.807) is 21.3 Å². The van der Waals surface area contributed by atoms with Crippen molar-refractivity contribution < 1.29 is 47.5 Å². The number of hydrogen-bond donors (Lipinski definition) is 2. The second-order valence-electron chi connectivity index (χ2n) is 15.0. The van der Waals surface area contributed by atoms with Crippen LogP contribution in [-0.4, -0.2) is 126 Å². The summed E-state index contributed by atoms with van der Waals surface area (Å²) in [6.45, 7) is 5.45. The number of hydrogen-bond acceptors (Lipinski definition) is 13. The second kappa shape index (κ2) is 26.2. The zero-order chi connectivity index (χ0) is 46.5. The predicted molar refractivity (Wildman–Crippen MR) is 250 cm³/mol. The lowest BCUT2D eigenvalue weighted by Gasteiger charge is -2.14. The number of fused-ring (bicyclic) bond motifs is 3. The highest BCUT2D eigenvalue weighted by atomic mass is 35.5. The second-order valence-corrected chi connectivity index (χ2v) is 15.4. The third-order valence-electron chi connectivity index (χ3n) is 10.4. The lowest BCUT2D eigenvalue weighted by molar-refractivity contribution is -0.123. The van der Waals surface area contributed by atoms with Gasteiger partial charge in [0.15, 0.2) is 23.9 Å². The molecule has 5 aromatic rings. The minimum Gasteiger partial charge on any atom is -0.497 e. The lowest BCUT2D eigenvalue weighted by Crippen LogP contribution is -2.31. The van der Waals surface area contributed by atoms with Crippen molar-refractivity contribution in [2.75, 3.05) is 93.9 Å². The highest BCUT2D eigenvalue weighted by Crippen LogP contribution is 2.35. The van der Waals surface area contributed by atoms with Gasteiger partial charge in [0.2, 0.25) is 5.91 Å². The van der Waals surface area contributed by atoms with Crippen LogP contribution in [0.15, 0.2) is 89.9 Å².